The average Bonchev–Trinajstić information content (AvgIpc) is 2.35. The zero-order valence-electron chi connectivity index (χ0n) is 13.3. The first-order valence-corrected chi connectivity index (χ1v) is 7.88. The van der Waals surface area contributed by atoms with Gasteiger partial charge < -0.3 is 15.3 Å². The lowest BCUT2D eigenvalue weighted by Crippen LogP contribution is -2.63. The molecule has 2 fully saturated rings. The second-order valence-electron chi connectivity index (χ2n) is 6.75. The van der Waals surface area contributed by atoms with E-state index in [-0.39, 0.29) is 24.7 Å². The Morgan fingerprint density at radius 3 is 2.43 bits per heavy atom. The van der Waals surface area contributed by atoms with Crippen LogP contribution in [0.25, 0.3) is 0 Å². The van der Waals surface area contributed by atoms with Crippen LogP contribution < -0.4 is 5.32 Å². The molecule has 1 saturated heterocycles. The molecule has 1 aliphatic carbocycles. The van der Waals surface area contributed by atoms with Gasteiger partial charge in [-0.2, -0.15) is 0 Å². The Balaban J connectivity index is 1.68. The second kappa shape index (κ2) is 6.22. The van der Waals surface area contributed by atoms with E-state index in [1.54, 1.807) is 0 Å². The molecule has 0 unspecified atom stereocenters. The minimum Gasteiger partial charge on any atom is -0.480 e. The molecule has 1 aliphatic heterocycles. The number of carboxylic acid groups (broad SMARTS) is 1. The predicted octanol–water partition coefficient (Wildman–Crippen LogP) is 1.37. The van der Waals surface area contributed by atoms with Crippen molar-refractivity contribution in [3.63, 3.8) is 0 Å². The van der Waals surface area contributed by atoms with Gasteiger partial charge in [-0.05, 0) is 25.8 Å². The van der Waals surface area contributed by atoms with Gasteiger partial charge in [0.25, 0.3) is 0 Å². The van der Waals surface area contributed by atoms with E-state index in [4.69, 9.17) is 5.11 Å². The summed E-state index contributed by atoms with van der Waals surface area (Å²) in [5, 5.41) is 11.9. The molecule has 0 atom stereocenters. The van der Waals surface area contributed by atoms with Gasteiger partial charge in [0.1, 0.15) is 0 Å². The third-order valence-corrected chi connectivity index (χ3v) is 4.99. The standard InChI is InChI=1S/C15H27N3O3/c1-4-15(3)9-18(10-15)14(21)16-11-6-12(7-11)17(5-2)8-13(19)20/h11-12H,4-10H2,1-3H3,(H,16,21)(H,19,20). The number of rotatable bonds is 6. The Bertz CT molecular complexity index is 401. The van der Waals surface area contributed by atoms with E-state index in [1.165, 1.54) is 0 Å². The molecule has 0 aromatic rings. The van der Waals surface area contributed by atoms with Crippen LogP contribution in [-0.2, 0) is 4.79 Å². The van der Waals surface area contributed by atoms with Crippen LogP contribution in [0, 0.1) is 5.41 Å². The molecule has 6 heteroatoms. The lowest BCUT2D eigenvalue weighted by Gasteiger charge is -2.49. The number of nitrogens with zero attached hydrogens (tertiary/aromatic N) is 2. The van der Waals surface area contributed by atoms with E-state index in [2.05, 4.69) is 19.2 Å². The van der Waals surface area contributed by atoms with Crippen molar-refractivity contribution < 1.29 is 14.7 Å². The number of carboxylic acids is 1. The molecule has 2 rings (SSSR count). The number of nitrogens with one attached hydrogen (secondary N) is 1. The van der Waals surface area contributed by atoms with E-state index >= 15 is 0 Å². The van der Waals surface area contributed by atoms with Crippen LogP contribution in [0.1, 0.15) is 40.0 Å². The number of amides is 2. The first-order valence-electron chi connectivity index (χ1n) is 7.88. The van der Waals surface area contributed by atoms with Crippen LogP contribution in [0.4, 0.5) is 4.79 Å². The first kappa shape index (κ1) is 16.1. The van der Waals surface area contributed by atoms with Crippen molar-refractivity contribution in [2.24, 2.45) is 5.41 Å². The Hall–Kier alpha value is -1.30. The maximum absolute atomic E-state index is 12.1. The molecular weight excluding hydrogens is 270 g/mol. The molecule has 0 bridgehead atoms. The Kier molecular flexibility index (Phi) is 4.76. The highest BCUT2D eigenvalue weighted by atomic mass is 16.4. The number of likely N-dealkylation sites (N-methyl/N-ethyl adjacent to an activating group) is 1. The fourth-order valence-corrected chi connectivity index (χ4v) is 3.19. The SMILES string of the molecule is CCN(CC(=O)O)C1CC(NC(=O)N2CC(C)(CC)C2)C1. The third kappa shape index (κ3) is 3.67. The van der Waals surface area contributed by atoms with Gasteiger partial charge in [0.15, 0.2) is 0 Å². The highest BCUT2D eigenvalue weighted by Crippen LogP contribution is 2.33. The molecule has 21 heavy (non-hydrogen) atoms. The van der Waals surface area contributed by atoms with E-state index < -0.39 is 5.97 Å². The number of hydrogen-bond acceptors (Lipinski definition) is 3. The van der Waals surface area contributed by atoms with Crippen molar-refractivity contribution in [1.29, 1.82) is 0 Å². The largest absolute Gasteiger partial charge is 0.480 e. The van der Waals surface area contributed by atoms with Crippen LogP contribution in [-0.4, -0.2) is 65.2 Å². The van der Waals surface area contributed by atoms with Gasteiger partial charge in [-0.25, -0.2) is 4.79 Å². The Morgan fingerprint density at radius 2 is 1.95 bits per heavy atom. The predicted molar refractivity (Wildman–Crippen MR) is 80.2 cm³/mol. The minimum atomic E-state index is -0.788. The molecule has 2 N–H and O–H groups in total. The maximum Gasteiger partial charge on any atom is 0.317 e. The summed E-state index contributed by atoms with van der Waals surface area (Å²) in [6.45, 7) is 8.84. The topological polar surface area (TPSA) is 72.9 Å². The number of carbonyl (C=O) groups is 2. The van der Waals surface area contributed by atoms with Crippen LogP contribution in [0.15, 0.2) is 0 Å². The fourth-order valence-electron chi connectivity index (χ4n) is 3.19. The summed E-state index contributed by atoms with van der Waals surface area (Å²) >= 11 is 0. The van der Waals surface area contributed by atoms with Gasteiger partial charge in [0, 0.05) is 30.6 Å². The van der Waals surface area contributed by atoms with Gasteiger partial charge in [0.05, 0.1) is 6.54 Å². The lowest BCUT2D eigenvalue weighted by molar-refractivity contribution is -0.139. The van der Waals surface area contributed by atoms with Crippen molar-refractivity contribution in [2.45, 2.75) is 52.1 Å². The third-order valence-electron chi connectivity index (χ3n) is 4.99. The van der Waals surface area contributed by atoms with Crippen molar-refractivity contribution in [3.05, 3.63) is 0 Å². The summed E-state index contributed by atoms with van der Waals surface area (Å²) in [4.78, 5) is 26.7. The van der Waals surface area contributed by atoms with Gasteiger partial charge in [0.2, 0.25) is 0 Å². The highest BCUT2D eigenvalue weighted by Gasteiger charge is 2.41. The van der Waals surface area contributed by atoms with Crippen molar-refractivity contribution >= 4 is 12.0 Å². The minimum absolute atomic E-state index is 0.0330. The van der Waals surface area contributed by atoms with E-state index in [0.29, 0.717) is 5.41 Å². The van der Waals surface area contributed by atoms with Gasteiger partial charge >= 0.3 is 12.0 Å². The number of hydrogen-bond donors (Lipinski definition) is 2. The number of aliphatic carboxylic acids is 1. The monoisotopic (exact) mass is 297 g/mol. The second-order valence-corrected chi connectivity index (χ2v) is 6.75. The molecular formula is C15H27N3O3. The van der Waals surface area contributed by atoms with Crippen LogP contribution in [0.3, 0.4) is 0 Å². The van der Waals surface area contributed by atoms with E-state index in [9.17, 15) is 9.59 Å². The highest BCUT2D eigenvalue weighted by molar-refractivity contribution is 5.75. The molecule has 2 amide bonds. The van der Waals surface area contributed by atoms with Gasteiger partial charge in [-0.1, -0.05) is 20.8 Å². The first-order chi connectivity index (χ1) is 9.86. The van der Waals surface area contributed by atoms with E-state index in [0.717, 1.165) is 38.9 Å². The normalized spacial score (nSPS) is 27.0. The van der Waals surface area contributed by atoms with Gasteiger partial charge in [-0.15, -0.1) is 0 Å². The number of carbonyl (C=O) groups excluding carboxylic acids is 1. The van der Waals surface area contributed by atoms with Crippen LogP contribution >= 0.6 is 0 Å². The zero-order valence-corrected chi connectivity index (χ0v) is 13.3. The molecule has 1 saturated carbocycles. The smallest absolute Gasteiger partial charge is 0.317 e. The average molecular weight is 297 g/mol. The maximum atomic E-state index is 12.1. The van der Waals surface area contributed by atoms with Crippen molar-refractivity contribution in [1.82, 2.24) is 15.1 Å². The molecule has 1 heterocycles. The van der Waals surface area contributed by atoms with Gasteiger partial charge in [-0.3, -0.25) is 9.69 Å². The van der Waals surface area contributed by atoms with Crippen LogP contribution in [0.2, 0.25) is 0 Å². The Labute approximate surface area is 126 Å². The lowest BCUT2D eigenvalue weighted by atomic mass is 9.79. The summed E-state index contributed by atoms with van der Waals surface area (Å²) in [7, 11) is 0. The number of likely N-dealkylation sites (tertiary alicyclic amines) is 1. The summed E-state index contributed by atoms with van der Waals surface area (Å²) in [6.07, 6.45) is 2.81. The fraction of sp³-hybridized carbons (Fsp3) is 0.867. The molecule has 6 nitrogen and oxygen atoms in total. The summed E-state index contributed by atoms with van der Waals surface area (Å²) < 4.78 is 0. The summed E-state index contributed by atoms with van der Waals surface area (Å²) in [5.74, 6) is -0.788. The Morgan fingerprint density at radius 1 is 1.33 bits per heavy atom. The molecule has 120 valence electrons. The van der Waals surface area contributed by atoms with Crippen molar-refractivity contribution in [2.75, 3.05) is 26.2 Å². The summed E-state index contributed by atoms with van der Waals surface area (Å²) in [5.41, 5.74) is 0.292. The van der Waals surface area contributed by atoms with Crippen molar-refractivity contribution in [3.8, 4) is 0 Å². The summed E-state index contributed by atoms with van der Waals surface area (Å²) in [6, 6.07) is 0.512. The molecule has 0 aromatic heterocycles. The molecule has 0 spiro atoms. The quantitative estimate of drug-likeness (QED) is 0.776. The van der Waals surface area contributed by atoms with Crippen LogP contribution in [0.5, 0.6) is 0 Å². The number of urea groups is 1. The van der Waals surface area contributed by atoms with E-state index in [1.807, 2.05) is 16.7 Å². The molecule has 0 aromatic carbocycles. The zero-order chi connectivity index (χ0) is 15.6. The molecule has 2 aliphatic rings. The molecule has 0 radical (unpaired) electrons.